The van der Waals surface area contributed by atoms with Gasteiger partial charge >= 0.3 is 12.0 Å². The van der Waals surface area contributed by atoms with Crippen LogP contribution in [-0.2, 0) is 4.79 Å². The summed E-state index contributed by atoms with van der Waals surface area (Å²) in [6, 6.07) is 2.94. The first-order valence-corrected chi connectivity index (χ1v) is 6.33. The van der Waals surface area contributed by atoms with Crippen LogP contribution in [0.4, 0.5) is 10.5 Å². The highest BCUT2D eigenvalue weighted by Crippen LogP contribution is 2.26. The van der Waals surface area contributed by atoms with E-state index in [1.807, 2.05) is 19.9 Å². The molecule has 0 aliphatic heterocycles. The third kappa shape index (κ3) is 4.35. The van der Waals surface area contributed by atoms with E-state index >= 15 is 0 Å². The van der Waals surface area contributed by atoms with Crippen molar-refractivity contribution in [2.24, 2.45) is 0 Å². The number of hydrogen-bond donors (Lipinski definition) is 4. The first kappa shape index (κ1) is 16.8. The van der Waals surface area contributed by atoms with Gasteiger partial charge in [0.15, 0.2) is 5.60 Å². The number of carbonyl (C=O) groups is 2. The van der Waals surface area contributed by atoms with Gasteiger partial charge in [-0.2, -0.15) is 0 Å². The molecule has 1 aromatic carbocycles. The minimum atomic E-state index is -2.02. The molecule has 0 fully saturated rings. The number of nitrogens with one attached hydrogen (secondary N) is 2. The number of urea groups is 1. The molecule has 1 aromatic rings. The van der Waals surface area contributed by atoms with Gasteiger partial charge in [-0.25, -0.2) is 9.59 Å². The van der Waals surface area contributed by atoms with Crippen molar-refractivity contribution in [3.63, 3.8) is 0 Å². The van der Waals surface area contributed by atoms with Crippen LogP contribution in [0.3, 0.4) is 0 Å². The second kappa shape index (κ2) is 6.45. The number of benzene rings is 1. The summed E-state index contributed by atoms with van der Waals surface area (Å²) >= 11 is 0. The van der Waals surface area contributed by atoms with Gasteiger partial charge in [-0.1, -0.05) is 6.07 Å². The Morgan fingerprint density at radius 3 is 2.43 bits per heavy atom. The van der Waals surface area contributed by atoms with Gasteiger partial charge in [0.05, 0.1) is 13.7 Å². The Morgan fingerprint density at radius 1 is 1.29 bits per heavy atom. The Bertz CT molecular complexity index is 555. The monoisotopic (exact) mass is 296 g/mol. The predicted molar refractivity (Wildman–Crippen MR) is 77.7 cm³/mol. The maximum Gasteiger partial charge on any atom is 0.337 e. The van der Waals surface area contributed by atoms with Crippen molar-refractivity contribution < 1.29 is 24.5 Å². The van der Waals surface area contributed by atoms with Crippen molar-refractivity contribution in [2.75, 3.05) is 19.0 Å². The molecular formula is C14H20N2O5. The van der Waals surface area contributed by atoms with Gasteiger partial charge in [0, 0.05) is 11.8 Å². The summed E-state index contributed by atoms with van der Waals surface area (Å²) in [5.41, 5.74) is 0.310. The van der Waals surface area contributed by atoms with Gasteiger partial charge in [0.25, 0.3) is 0 Å². The SMILES string of the molecule is COc1cc(NC(=O)NCC(C)(O)C(=O)O)c(C)cc1C. The molecule has 2 amide bonds. The summed E-state index contributed by atoms with van der Waals surface area (Å²) in [6.07, 6.45) is 0. The van der Waals surface area contributed by atoms with Crippen LogP contribution in [0.5, 0.6) is 5.75 Å². The molecule has 116 valence electrons. The summed E-state index contributed by atoms with van der Waals surface area (Å²) in [6.45, 7) is 4.42. The molecule has 1 atom stereocenters. The maximum atomic E-state index is 11.8. The summed E-state index contributed by atoms with van der Waals surface area (Å²) < 4.78 is 5.18. The summed E-state index contributed by atoms with van der Waals surface area (Å²) in [7, 11) is 1.53. The highest BCUT2D eigenvalue weighted by molar-refractivity contribution is 5.91. The normalized spacial score (nSPS) is 13.2. The van der Waals surface area contributed by atoms with E-state index in [-0.39, 0.29) is 0 Å². The molecule has 0 aromatic heterocycles. The summed E-state index contributed by atoms with van der Waals surface area (Å²) in [5, 5.41) is 23.2. The topological polar surface area (TPSA) is 108 Å². The van der Waals surface area contributed by atoms with Crippen molar-refractivity contribution in [3.8, 4) is 5.75 Å². The lowest BCUT2D eigenvalue weighted by Gasteiger charge is -2.19. The fraction of sp³-hybridized carbons (Fsp3) is 0.429. The first-order chi connectivity index (χ1) is 9.67. The Labute approximate surface area is 122 Å². The Kier molecular flexibility index (Phi) is 5.15. The van der Waals surface area contributed by atoms with Crippen molar-refractivity contribution in [3.05, 3.63) is 23.3 Å². The zero-order valence-electron chi connectivity index (χ0n) is 12.5. The van der Waals surface area contributed by atoms with E-state index in [2.05, 4.69) is 10.6 Å². The molecule has 0 saturated heterocycles. The van der Waals surface area contributed by atoms with Crippen LogP contribution in [0.25, 0.3) is 0 Å². The fourth-order valence-electron chi connectivity index (χ4n) is 1.68. The smallest absolute Gasteiger partial charge is 0.337 e. The molecule has 21 heavy (non-hydrogen) atoms. The minimum absolute atomic E-state index is 0.407. The number of aliphatic hydroxyl groups is 1. The van der Waals surface area contributed by atoms with Gasteiger partial charge in [0.1, 0.15) is 5.75 Å². The van der Waals surface area contributed by atoms with Crippen molar-refractivity contribution in [2.45, 2.75) is 26.4 Å². The van der Waals surface area contributed by atoms with Crippen molar-refractivity contribution in [1.29, 1.82) is 0 Å². The lowest BCUT2D eigenvalue weighted by Crippen LogP contribution is -2.47. The lowest BCUT2D eigenvalue weighted by molar-refractivity contribution is -0.155. The third-order valence-electron chi connectivity index (χ3n) is 3.04. The molecular weight excluding hydrogens is 276 g/mol. The number of hydrogen-bond acceptors (Lipinski definition) is 4. The zero-order chi connectivity index (χ0) is 16.2. The van der Waals surface area contributed by atoms with Gasteiger partial charge in [-0.3, -0.25) is 0 Å². The largest absolute Gasteiger partial charge is 0.496 e. The molecule has 0 radical (unpaired) electrons. The average molecular weight is 296 g/mol. The Hall–Kier alpha value is -2.28. The summed E-state index contributed by atoms with van der Waals surface area (Å²) in [4.78, 5) is 22.5. The molecule has 0 bridgehead atoms. The molecule has 0 aliphatic rings. The molecule has 0 spiro atoms. The maximum absolute atomic E-state index is 11.8. The van der Waals surface area contributed by atoms with E-state index in [0.29, 0.717) is 11.4 Å². The molecule has 7 heteroatoms. The fourth-order valence-corrected chi connectivity index (χ4v) is 1.68. The number of methoxy groups -OCH3 is 1. The molecule has 0 heterocycles. The van der Waals surface area contributed by atoms with Crippen molar-refractivity contribution in [1.82, 2.24) is 5.32 Å². The van der Waals surface area contributed by atoms with Crippen LogP contribution >= 0.6 is 0 Å². The van der Waals surface area contributed by atoms with Gasteiger partial charge < -0.3 is 25.6 Å². The zero-order valence-corrected chi connectivity index (χ0v) is 12.5. The number of anilines is 1. The van der Waals surface area contributed by atoms with Crippen LogP contribution in [-0.4, -0.2) is 41.5 Å². The Morgan fingerprint density at radius 2 is 1.90 bits per heavy atom. The standard InChI is InChI=1S/C14H20N2O5/c1-8-5-9(2)11(21-4)6-10(8)16-13(19)15-7-14(3,20)12(17)18/h5-6,20H,7H2,1-4H3,(H,17,18)(H2,15,16,19). The van der Waals surface area contributed by atoms with E-state index in [1.54, 1.807) is 6.07 Å². The number of aryl methyl sites for hydroxylation is 2. The van der Waals surface area contributed by atoms with Gasteiger partial charge in [0.2, 0.25) is 0 Å². The molecule has 4 N–H and O–H groups in total. The van der Waals surface area contributed by atoms with E-state index < -0.39 is 24.1 Å². The highest BCUT2D eigenvalue weighted by atomic mass is 16.5. The molecule has 7 nitrogen and oxygen atoms in total. The molecule has 1 unspecified atom stereocenters. The second-order valence-corrected chi connectivity index (χ2v) is 5.02. The first-order valence-electron chi connectivity index (χ1n) is 6.33. The number of carbonyl (C=O) groups excluding carboxylic acids is 1. The predicted octanol–water partition coefficient (Wildman–Crippen LogP) is 1.27. The molecule has 1 rings (SSSR count). The van der Waals surface area contributed by atoms with E-state index in [4.69, 9.17) is 9.84 Å². The van der Waals surface area contributed by atoms with Crippen molar-refractivity contribution >= 4 is 17.7 Å². The number of ether oxygens (including phenoxy) is 1. The van der Waals surface area contributed by atoms with E-state index in [1.165, 1.54) is 7.11 Å². The van der Waals surface area contributed by atoms with Crippen LogP contribution < -0.4 is 15.4 Å². The van der Waals surface area contributed by atoms with E-state index in [0.717, 1.165) is 18.1 Å². The molecule has 0 saturated carbocycles. The number of carboxylic acids is 1. The lowest BCUT2D eigenvalue weighted by atomic mass is 10.1. The second-order valence-electron chi connectivity index (χ2n) is 5.02. The van der Waals surface area contributed by atoms with Gasteiger partial charge in [-0.15, -0.1) is 0 Å². The Balaban J connectivity index is 2.74. The number of rotatable bonds is 5. The number of aliphatic carboxylic acids is 1. The summed E-state index contributed by atoms with van der Waals surface area (Å²) in [5.74, 6) is -0.774. The van der Waals surface area contributed by atoms with E-state index in [9.17, 15) is 14.7 Å². The quantitative estimate of drug-likeness (QED) is 0.654. The van der Waals surface area contributed by atoms with Crippen LogP contribution in [0.1, 0.15) is 18.1 Å². The van der Waals surface area contributed by atoms with Crippen LogP contribution in [0, 0.1) is 13.8 Å². The minimum Gasteiger partial charge on any atom is -0.496 e. The third-order valence-corrected chi connectivity index (χ3v) is 3.04. The number of amides is 2. The number of carboxylic acid groups (broad SMARTS) is 1. The average Bonchev–Trinajstić information content (AvgIpc) is 2.39. The highest BCUT2D eigenvalue weighted by Gasteiger charge is 2.30. The van der Waals surface area contributed by atoms with Gasteiger partial charge in [-0.05, 0) is 31.9 Å². The van der Waals surface area contributed by atoms with Crippen LogP contribution in [0.2, 0.25) is 0 Å². The molecule has 0 aliphatic carbocycles. The van der Waals surface area contributed by atoms with Crippen LogP contribution in [0.15, 0.2) is 12.1 Å².